The van der Waals surface area contributed by atoms with Gasteiger partial charge in [0.2, 0.25) is 0 Å². The van der Waals surface area contributed by atoms with E-state index in [1.54, 1.807) is 0 Å². The van der Waals surface area contributed by atoms with Gasteiger partial charge in [-0.25, -0.2) is 4.79 Å². The van der Waals surface area contributed by atoms with E-state index in [4.69, 9.17) is 0 Å². The molecule has 3 heteroatoms. The first-order valence-corrected chi connectivity index (χ1v) is 4.56. The Bertz CT molecular complexity index is 201. The molecule has 0 spiro atoms. The quantitative estimate of drug-likeness (QED) is 0.594. The van der Waals surface area contributed by atoms with Gasteiger partial charge in [0, 0.05) is 12.1 Å². The average Bonchev–Trinajstić information content (AvgIpc) is 2.66. The highest BCUT2D eigenvalue weighted by Crippen LogP contribution is 2.18. The summed E-state index contributed by atoms with van der Waals surface area (Å²) in [4.78, 5) is 11.2. The van der Waals surface area contributed by atoms with Gasteiger partial charge in [-0.05, 0) is 25.7 Å². The summed E-state index contributed by atoms with van der Waals surface area (Å²) in [5.41, 5.74) is 0. The van der Waals surface area contributed by atoms with Crippen LogP contribution in [0, 0.1) is 0 Å². The van der Waals surface area contributed by atoms with Crippen LogP contribution in [-0.4, -0.2) is 18.1 Å². The van der Waals surface area contributed by atoms with Crippen molar-refractivity contribution in [3.63, 3.8) is 0 Å². The lowest BCUT2D eigenvalue weighted by atomic mass is 10.2. The van der Waals surface area contributed by atoms with E-state index in [2.05, 4.69) is 22.8 Å². The van der Waals surface area contributed by atoms with E-state index in [1.165, 1.54) is 0 Å². The molecule has 66 valence electrons. The first-order chi connectivity index (χ1) is 5.84. The Kier molecular flexibility index (Phi) is 2.02. The smallest absolute Gasteiger partial charge is 0.315 e. The number of rotatable bonds is 2. The molecule has 0 aliphatic heterocycles. The largest absolute Gasteiger partial charge is 0.335 e. The molecule has 0 heterocycles. The second-order valence-electron chi connectivity index (χ2n) is 3.53. The molecule has 0 radical (unpaired) electrons. The van der Waals surface area contributed by atoms with Crippen LogP contribution in [0.15, 0.2) is 12.2 Å². The Morgan fingerprint density at radius 2 is 1.67 bits per heavy atom. The molecule has 12 heavy (non-hydrogen) atoms. The topological polar surface area (TPSA) is 41.1 Å². The Morgan fingerprint density at radius 3 is 2.25 bits per heavy atom. The number of nitrogens with one attached hydrogen (secondary N) is 2. The zero-order chi connectivity index (χ0) is 8.39. The van der Waals surface area contributed by atoms with Crippen molar-refractivity contribution in [2.45, 2.75) is 37.8 Å². The minimum absolute atomic E-state index is 0.00574. The molecule has 0 bridgehead atoms. The highest BCUT2D eigenvalue weighted by atomic mass is 16.2. The highest BCUT2D eigenvalue weighted by Gasteiger charge is 2.24. The summed E-state index contributed by atoms with van der Waals surface area (Å²) >= 11 is 0. The maximum Gasteiger partial charge on any atom is 0.315 e. The Hall–Kier alpha value is -0.990. The van der Waals surface area contributed by atoms with Crippen LogP contribution in [0.25, 0.3) is 0 Å². The molecule has 0 saturated heterocycles. The minimum Gasteiger partial charge on any atom is -0.335 e. The van der Waals surface area contributed by atoms with E-state index >= 15 is 0 Å². The fourth-order valence-electron chi connectivity index (χ4n) is 1.38. The van der Waals surface area contributed by atoms with Crippen molar-refractivity contribution in [1.29, 1.82) is 0 Å². The van der Waals surface area contributed by atoms with E-state index in [0.717, 1.165) is 25.7 Å². The summed E-state index contributed by atoms with van der Waals surface area (Å²) < 4.78 is 0. The number of amides is 2. The number of carbonyl (C=O) groups excluding carboxylic acids is 1. The lowest BCUT2D eigenvalue weighted by Crippen LogP contribution is -2.41. The molecule has 0 aromatic heterocycles. The van der Waals surface area contributed by atoms with E-state index < -0.39 is 0 Å². The lowest BCUT2D eigenvalue weighted by molar-refractivity contribution is 0.237. The molecule has 0 aromatic rings. The van der Waals surface area contributed by atoms with Gasteiger partial charge in [-0.15, -0.1) is 0 Å². The molecule has 0 unspecified atom stereocenters. The van der Waals surface area contributed by atoms with Crippen molar-refractivity contribution < 1.29 is 4.79 Å². The molecule has 0 aromatic carbocycles. The third-order valence-corrected chi connectivity index (χ3v) is 2.26. The molecule has 1 saturated carbocycles. The van der Waals surface area contributed by atoms with Gasteiger partial charge < -0.3 is 10.6 Å². The third kappa shape index (κ3) is 2.00. The number of hydrogen-bond donors (Lipinski definition) is 2. The van der Waals surface area contributed by atoms with Gasteiger partial charge >= 0.3 is 6.03 Å². The zero-order valence-electron chi connectivity index (χ0n) is 7.05. The molecule has 0 atom stereocenters. The van der Waals surface area contributed by atoms with E-state index in [1.807, 2.05) is 0 Å². The highest BCUT2D eigenvalue weighted by molar-refractivity contribution is 5.75. The van der Waals surface area contributed by atoms with Gasteiger partial charge in [0.1, 0.15) is 0 Å². The van der Waals surface area contributed by atoms with Crippen LogP contribution < -0.4 is 10.6 Å². The van der Waals surface area contributed by atoms with Crippen LogP contribution in [0.4, 0.5) is 4.79 Å². The summed E-state index contributed by atoms with van der Waals surface area (Å²) in [5, 5.41) is 5.84. The molecule has 1 fully saturated rings. The van der Waals surface area contributed by atoms with Crippen LogP contribution in [-0.2, 0) is 0 Å². The summed E-state index contributed by atoms with van der Waals surface area (Å²) in [7, 11) is 0. The minimum atomic E-state index is 0.00574. The van der Waals surface area contributed by atoms with Gasteiger partial charge in [0.25, 0.3) is 0 Å². The molecule has 2 rings (SSSR count). The van der Waals surface area contributed by atoms with Crippen molar-refractivity contribution >= 4 is 6.03 Å². The predicted octanol–water partition coefficient (Wildman–Crippen LogP) is 1.17. The second-order valence-corrected chi connectivity index (χ2v) is 3.53. The maximum atomic E-state index is 11.2. The second kappa shape index (κ2) is 3.17. The normalized spacial score (nSPS) is 22.7. The number of hydrogen-bond acceptors (Lipinski definition) is 1. The van der Waals surface area contributed by atoms with Gasteiger partial charge in [0.15, 0.2) is 0 Å². The Morgan fingerprint density at radius 1 is 1.08 bits per heavy atom. The van der Waals surface area contributed by atoms with Crippen molar-refractivity contribution in [3.8, 4) is 0 Å². The van der Waals surface area contributed by atoms with Gasteiger partial charge in [-0.3, -0.25) is 0 Å². The van der Waals surface area contributed by atoms with Crippen molar-refractivity contribution in [1.82, 2.24) is 10.6 Å². The summed E-state index contributed by atoms with van der Waals surface area (Å²) in [6.07, 6.45) is 8.49. The van der Waals surface area contributed by atoms with Crippen LogP contribution >= 0.6 is 0 Å². The molecule has 2 aliphatic rings. The molecular formula is C9H14N2O. The predicted molar refractivity (Wildman–Crippen MR) is 46.9 cm³/mol. The van der Waals surface area contributed by atoms with Crippen LogP contribution in [0.2, 0.25) is 0 Å². The molecule has 2 amide bonds. The van der Waals surface area contributed by atoms with E-state index in [-0.39, 0.29) is 6.03 Å². The van der Waals surface area contributed by atoms with Crippen molar-refractivity contribution in [3.05, 3.63) is 12.2 Å². The maximum absolute atomic E-state index is 11.2. The third-order valence-electron chi connectivity index (χ3n) is 2.26. The van der Waals surface area contributed by atoms with Crippen LogP contribution in [0.3, 0.4) is 0 Å². The Balaban J connectivity index is 1.67. The van der Waals surface area contributed by atoms with Crippen molar-refractivity contribution in [2.24, 2.45) is 0 Å². The van der Waals surface area contributed by atoms with Gasteiger partial charge in [0.05, 0.1) is 0 Å². The van der Waals surface area contributed by atoms with Crippen LogP contribution in [0.5, 0.6) is 0 Å². The summed E-state index contributed by atoms with van der Waals surface area (Å²) in [5.74, 6) is 0. The molecule has 2 N–H and O–H groups in total. The number of urea groups is 1. The summed E-state index contributed by atoms with van der Waals surface area (Å²) in [6, 6.07) is 0.800. The van der Waals surface area contributed by atoms with Gasteiger partial charge in [-0.1, -0.05) is 12.2 Å². The SMILES string of the molecule is O=C(NC1CC=CC1)NC1CC1. The van der Waals surface area contributed by atoms with E-state index in [0.29, 0.717) is 12.1 Å². The monoisotopic (exact) mass is 166 g/mol. The molecule has 2 aliphatic carbocycles. The fraction of sp³-hybridized carbons (Fsp3) is 0.667. The van der Waals surface area contributed by atoms with Crippen LogP contribution in [0.1, 0.15) is 25.7 Å². The number of carbonyl (C=O) groups is 1. The molecule has 3 nitrogen and oxygen atoms in total. The summed E-state index contributed by atoms with van der Waals surface area (Å²) in [6.45, 7) is 0. The zero-order valence-corrected chi connectivity index (χ0v) is 7.05. The fourth-order valence-corrected chi connectivity index (χ4v) is 1.38. The van der Waals surface area contributed by atoms with Gasteiger partial charge in [-0.2, -0.15) is 0 Å². The standard InChI is InChI=1S/C9H14N2O/c12-9(11-8-5-6-8)10-7-3-1-2-4-7/h1-2,7-8H,3-6H2,(H2,10,11,12). The van der Waals surface area contributed by atoms with Crippen molar-refractivity contribution in [2.75, 3.05) is 0 Å². The first kappa shape index (κ1) is 7.65. The van der Waals surface area contributed by atoms with E-state index in [9.17, 15) is 4.79 Å². The molecular weight excluding hydrogens is 152 g/mol. The Labute approximate surface area is 72.2 Å². The average molecular weight is 166 g/mol. The first-order valence-electron chi connectivity index (χ1n) is 4.56. The lowest BCUT2D eigenvalue weighted by Gasteiger charge is -2.12.